The van der Waals surface area contributed by atoms with Crippen molar-refractivity contribution in [2.75, 3.05) is 0 Å². The minimum atomic E-state index is -0.516. The number of Topliss-reactive ketones (excluding diaryl/α,β-unsaturated/α-hetero) is 1. The quantitative estimate of drug-likeness (QED) is 0.543. The van der Waals surface area contributed by atoms with Gasteiger partial charge in [-0.25, -0.2) is 4.85 Å². The highest BCUT2D eigenvalue weighted by molar-refractivity contribution is 6.43. The van der Waals surface area contributed by atoms with Crippen molar-refractivity contribution in [2.24, 2.45) is 0 Å². The topological polar surface area (TPSA) is 74.3 Å². The third-order valence-electron chi connectivity index (χ3n) is 4.82. The maximum absolute atomic E-state index is 12.9. The van der Waals surface area contributed by atoms with Gasteiger partial charge in [0.05, 0.1) is 50.1 Å². The van der Waals surface area contributed by atoms with Crippen LogP contribution in [0, 0.1) is 17.9 Å². The average molecular weight is 475 g/mol. The van der Waals surface area contributed by atoms with E-state index in [0.29, 0.717) is 16.7 Å². The predicted octanol–water partition coefficient (Wildman–Crippen LogP) is 5.99. The molecule has 1 aliphatic carbocycles. The molecule has 0 bridgehead atoms. The van der Waals surface area contributed by atoms with E-state index < -0.39 is 5.91 Å². The number of rotatable bonds is 2. The van der Waals surface area contributed by atoms with Crippen molar-refractivity contribution in [3.8, 4) is 6.07 Å². The van der Waals surface area contributed by atoms with Crippen LogP contribution in [0.1, 0.15) is 23.1 Å². The molecule has 1 N–H and O–H groups in total. The van der Waals surface area contributed by atoms with Crippen LogP contribution in [-0.2, 0) is 9.59 Å². The molecule has 2 aromatic rings. The molecule has 0 fully saturated rings. The Hall–Kier alpha value is -2.80. The molecule has 1 amide bonds. The molecule has 0 spiro atoms. The molecule has 146 valence electrons. The number of nitrogens with one attached hydrogen (secondary N) is 1. The lowest BCUT2D eigenvalue weighted by atomic mass is 9.98. The standard InChI is InChI=1S/C21H7Cl4N3O2/c1-27-16-6-15(25)14(24)4-10(16)11-5-17(29)19-18(11)21(30)28-20(19)9-3-13(23)12(22)2-8(9)7-26/h2-4,6H,5H2,(H,28,30). The molecule has 0 unspecified atom stereocenters. The van der Waals surface area contributed by atoms with Gasteiger partial charge in [0.2, 0.25) is 0 Å². The van der Waals surface area contributed by atoms with Crippen LogP contribution in [0.4, 0.5) is 5.69 Å². The SMILES string of the molecule is [C-]#[N+]c1cc(Cl)c(Cl)cc1C1=C2C(=O)NC(c3cc(Cl)c(Cl)cc3C#N)=C2C(=O)C1. The van der Waals surface area contributed by atoms with Crippen molar-refractivity contribution < 1.29 is 9.59 Å². The summed E-state index contributed by atoms with van der Waals surface area (Å²) in [5.41, 5.74) is 1.85. The Morgan fingerprint density at radius 2 is 1.53 bits per heavy atom. The number of ketones is 1. The summed E-state index contributed by atoms with van der Waals surface area (Å²) < 4.78 is 0. The summed E-state index contributed by atoms with van der Waals surface area (Å²) in [5.74, 6) is -0.844. The number of nitriles is 1. The first kappa shape index (κ1) is 20.5. The van der Waals surface area contributed by atoms with Gasteiger partial charge in [0.15, 0.2) is 11.5 Å². The third-order valence-corrected chi connectivity index (χ3v) is 6.26. The molecule has 1 aliphatic heterocycles. The fourth-order valence-corrected chi connectivity index (χ4v) is 4.18. The van der Waals surface area contributed by atoms with E-state index in [1.807, 2.05) is 6.07 Å². The van der Waals surface area contributed by atoms with Crippen molar-refractivity contribution in [1.82, 2.24) is 5.32 Å². The number of hydrogen-bond acceptors (Lipinski definition) is 3. The van der Waals surface area contributed by atoms with Gasteiger partial charge in [0.1, 0.15) is 0 Å². The Morgan fingerprint density at radius 3 is 2.17 bits per heavy atom. The zero-order valence-corrected chi connectivity index (χ0v) is 17.8. The molecule has 2 aliphatic rings. The van der Waals surface area contributed by atoms with Gasteiger partial charge >= 0.3 is 0 Å². The number of allylic oxidation sites excluding steroid dienone is 1. The van der Waals surface area contributed by atoms with Crippen LogP contribution < -0.4 is 5.32 Å². The van der Waals surface area contributed by atoms with Crippen molar-refractivity contribution in [1.29, 1.82) is 5.26 Å². The van der Waals surface area contributed by atoms with Crippen LogP contribution >= 0.6 is 46.4 Å². The minimum Gasteiger partial charge on any atom is -0.321 e. The van der Waals surface area contributed by atoms with E-state index in [1.165, 1.54) is 24.3 Å². The lowest BCUT2D eigenvalue weighted by Crippen LogP contribution is -2.17. The second-order valence-corrected chi connectivity index (χ2v) is 8.11. The molecule has 0 saturated heterocycles. The van der Waals surface area contributed by atoms with Crippen LogP contribution in [0.5, 0.6) is 0 Å². The number of benzene rings is 2. The van der Waals surface area contributed by atoms with Gasteiger partial charge in [-0.05, 0) is 35.4 Å². The molecule has 0 radical (unpaired) electrons. The maximum atomic E-state index is 12.9. The first-order chi connectivity index (χ1) is 14.3. The van der Waals surface area contributed by atoms with Gasteiger partial charge < -0.3 is 5.32 Å². The van der Waals surface area contributed by atoms with Crippen molar-refractivity contribution in [3.05, 3.63) is 83.6 Å². The van der Waals surface area contributed by atoms with Gasteiger partial charge in [-0.1, -0.05) is 46.4 Å². The predicted molar refractivity (Wildman–Crippen MR) is 116 cm³/mol. The second kappa shape index (κ2) is 7.47. The fraction of sp³-hybridized carbons (Fsp3) is 0.0476. The third kappa shape index (κ3) is 3.08. The lowest BCUT2D eigenvalue weighted by molar-refractivity contribution is -0.116. The Labute approximate surface area is 190 Å². The normalized spacial score (nSPS) is 15.3. The molecule has 0 aromatic heterocycles. The van der Waals surface area contributed by atoms with Gasteiger partial charge in [-0.3, -0.25) is 9.59 Å². The van der Waals surface area contributed by atoms with Gasteiger partial charge in [-0.15, -0.1) is 0 Å². The monoisotopic (exact) mass is 473 g/mol. The number of amides is 1. The number of carbonyl (C=O) groups is 2. The highest BCUT2D eigenvalue weighted by Gasteiger charge is 2.41. The Kier molecular flexibility index (Phi) is 5.10. The number of carbonyl (C=O) groups excluding carboxylic acids is 2. The van der Waals surface area contributed by atoms with Crippen LogP contribution in [0.25, 0.3) is 16.1 Å². The molecule has 30 heavy (non-hydrogen) atoms. The summed E-state index contributed by atoms with van der Waals surface area (Å²) in [6, 6.07) is 7.67. The summed E-state index contributed by atoms with van der Waals surface area (Å²) in [6.45, 7) is 7.42. The molecule has 0 saturated carbocycles. The molecule has 9 heteroatoms. The molecule has 4 rings (SSSR count). The highest BCUT2D eigenvalue weighted by atomic mass is 35.5. The van der Waals surface area contributed by atoms with E-state index in [9.17, 15) is 14.9 Å². The first-order valence-corrected chi connectivity index (χ1v) is 9.86. The van der Waals surface area contributed by atoms with Crippen molar-refractivity contribution in [3.63, 3.8) is 0 Å². The van der Waals surface area contributed by atoms with Gasteiger partial charge in [0, 0.05) is 17.0 Å². The summed E-state index contributed by atoms with van der Waals surface area (Å²) in [6.07, 6.45) is -0.0920. The minimum absolute atomic E-state index is 0.0920. The van der Waals surface area contributed by atoms with Crippen LogP contribution in [0.15, 0.2) is 35.4 Å². The number of nitrogens with zero attached hydrogens (tertiary/aromatic N) is 2. The average Bonchev–Trinajstić information content (AvgIpc) is 3.24. The van der Waals surface area contributed by atoms with Crippen LogP contribution in [0.2, 0.25) is 20.1 Å². The van der Waals surface area contributed by atoms with E-state index in [-0.39, 0.29) is 60.4 Å². The summed E-state index contributed by atoms with van der Waals surface area (Å²) in [4.78, 5) is 29.2. The Morgan fingerprint density at radius 1 is 0.933 bits per heavy atom. The summed E-state index contributed by atoms with van der Waals surface area (Å²) in [5, 5.41) is 12.9. The smallest absolute Gasteiger partial charge is 0.256 e. The maximum Gasteiger partial charge on any atom is 0.256 e. The molecule has 5 nitrogen and oxygen atoms in total. The number of halogens is 4. The summed E-state index contributed by atoms with van der Waals surface area (Å²) >= 11 is 24.2. The van der Waals surface area contributed by atoms with Crippen molar-refractivity contribution in [2.45, 2.75) is 6.42 Å². The number of hydrogen-bond donors (Lipinski definition) is 1. The van der Waals surface area contributed by atoms with Crippen molar-refractivity contribution >= 4 is 75.1 Å². The molecule has 2 aromatic carbocycles. The van der Waals surface area contributed by atoms with E-state index >= 15 is 0 Å². The molecular weight excluding hydrogens is 468 g/mol. The van der Waals surface area contributed by atoms with E-state index in [2.05, 4.69) is 10.2 Å². The van der Waals surface area contributed by atoms with E-state index in [1.54, 1.807) is 0 Å². The molecule has 1 heterocycles. The Balaban J connectivity index is 2.00. The first-order valence-electron chi connectivity index (χ1n) is 8.35. The zero-order chi connectivity index (χ0) is 21.7. The van der Waals surface area contributed by atoms with Gasteiger partial charge in [0.25, 0.3) is 5.91 Å². The van der Waals surface area contributed by atoms with Crippen LogP contribution in [0.3, 0.4) is 0 Å². The molecule has 0 atom stereocenters. The number of fused-ring (bicyclic) bond motifs is 1. The Bertz CT molecular complexity index is 1240. The van der Waals surface area contributed by atoms with Crippen LogP contribution in [-0.4, -0.2) is 11.7 Å². The largest absolute Gasteiger partial charge is 0.321 e. The van der Waals surface area contributed by atoms with Gasteiger partial charge in [-0.2, -0.15) is 5.26 Å². The fourth-order valence-electron chi connectivity index (χ4n) is 3.53. The second-order valence-electron chi connectivity index (χ2n) is 6.48. The zero-order valence-electron chi connectivity index (χ0n) is 14.7. The lowest BCUT2D eigenvalue weighted by Gasteiger charge is -2.10. The highest BCUT2D eigenvalue weighted by Crippen LogP contribution is 2.46. The van der Waals surface area contributed by atoms with E-state index in [4.69, 9.17) is 53.0 Å². The molecular formula is C21H7Cl4N3O2. The van der Waals surface area contributed by atoms with E-state index in [0.717, 1.165) is 0 Å². The summed E-state index contributed by atoms with van der Waals surface area (Å²) in [7, 11) is 0.